The van der Waals surface area contributed by atoms with Gasteiger partial charge in [0.2, 0.25) is 5.91 Å². The van der Waals surface area contributed by atoms with Gasteiger partial charge in [-0.3, -0.25) is 9.89 Å². The Balaban J connectivity index is 1.36. The van der Waals surface area contributed by atoms with Crippen LogP contribution in [0, 0.1) is 5.82 Å². The van der Waals surface area contributed by atoms with Gasteiger partial charge in [-0.1, -0.05) is 37.3 Å². The van der Waals surface area contributed by atoms with Gasteiger partial charge in [-0.15, -0.1) is 0 Å². The van der Waals surface area contributed by atoms with E-state index in [-0.39, 0.29) is 17.6 Å². The van der Waals surface area contributed by atoms with Crippen LogP contribution in [0.3, 0.4) is 0 Å². The Morgan fingerprint density at radius 3 is 2.78 bits per heavy atom. The number of allylic oxidation sites excluding steroid dienone is 1. The van der Waals surface area contributed by atoms with E-state index in [0.717, 1.165) is 38.8 Å². The van der Waals surface area contributed by atoms with Gasteiger partial charge in [0.25, 0.3) is 0 Å². The van der Waals surface area contributed by atoms with E-state index in [1.807, 2.05) is 55.7 Å². The number of hydrogen-bond donors (Lipinski definition) is 3. The molecule has 3 aromatic heterocycles. The Hall–Kier alpha value is -4.59. The van der Waals surface area contributed by atoms with Crippen molar-refractivity contribution in [1.82, 2.24) is 25.5 Å². The molecule has 1 unspecified atom stereocenters. The van der Waals surface area contributed by atoms with Crippen molar-refractivity contribution in [3.8, 4) is 22.5 Å². The van der Waals surface area contributed by atoms with Gasteiger partial charge in [-0.05, 0) is 47.9 Å². The third-order valence-electron chi connectivity index (χ3n) is 6.50. The largest absolute Gasteiger partial charge is 0.353 e. The van der Waals surface area contributed by atoms with Crippen LogP contribution in [0.5, 0.6) is 0 Å². The number of aliphatic imine (C=N–C) groups is 1. The first-order chi connectivity index (χ1) is 17.6. The second-order valence-electron chi connectivity index (χ2n) is 8.78. The topological polar surface area (TPSA) is 98.8 Å². The zero-order valence-electron chi connectivity index (χ0n) is 19.5. The number of aromatic nitrogens is 4. The molecule has 7 nitrogen and oxygen atoms in total. The number of fused-ring (bicyclic) bond motifs is 2. The van der Waals surface area contributed by atoms with E-state index in [2.05, 4.69) is 36.5 Å². The van der Waals surface area contributed by atoms with Crippen LogP contribution in [0.2, 0.25) is 0 Å². The number of hydrogen-bond acceptors (Lipinski definition) is 4. The highest BCUT2D eigenvalue weighted by atomic mass is 19.1. The van der Waals surface area contributed by atoms with Crippen LogP contribution in [0.4, 0.5) is 4.39 Å². The zero-order chi connectivity index (χ0) is 24.6. The lowest BCUT2D eigenvalue weighted by molar-refractivity contribution is -0.120. The van der Waals surface area contributed by atoms with Crippen molar-refractivity contribution in [3.63, 3.8) is 0 Å². The van der Waals surface area contributed by atoms with Gasteiger partial charge in [-0.2, -0.15) is 5.10 Å². The minimum Gasteiger partial charge on any atom is -0.353 e. The van der Waals surface area contributed by atoms with Crippen molar-refractivity contribution in [2.45, 2.75) is 25.7 Å². The molecule has 0 saturated carbocycles. The number of H-pyrrole nitrogens is 2. The third kappa shape index (κ3) is 3.86. The number of amides is 1. The van der Waals surface area contributed by atoms with Crippen LogP contribution in [-0.4, -0.2) is 32.3 Å². The fourth-order valence-electron chi connectivity index (χ4n) is 4.59. The summed E-state index contributed by atoms with van der Waals surface area (Å²) in [6.45, 7) is 1.81. The molecule has 5 aromatic rings. The smallest absolute Gasteiger partial charge is 0.225 e. The predicted molar refractivity (Wildman–Crippen MR) is 139 cm³/mol. The van der Waals surface area contributed by atoms with E-state index >= 15 is 0 Å². The van der Waals surface area contributed by atoms with Gasteiger partial charge in [0, 0.05) is 46.6 Å². The summed E-state index contributed by atoms with van der Waals surface area (Å²) in [4.78, 5) is 24.1. The van der Waals surface area contributed by atoms with Crippen molar-refractivity contribution >= 4 is 34.1 Å². The van der Waals surface area contributed by atoms with Crippen LogP contribution in [0.1, 0.15) is 31.2 Å². The van der Waals surface area contributed by atoms with Crippen LogP contribution in [0.25, 0.3) is 44.5 Å². The van der Waals surface area contributed by atoms with Crippen molar-refractivity contribution in [1.29, 1.82) is 0 Å². The molecule has 1 atom stereocenters. The number of nitrogens with one attached hydrogen (secondary N) is 3. The molecule has 36 heavy (non-hydrogen) atoms. The van der Waals surface area contributed by atoms with Crippen LogP contribution in [-0.2, 0) is 4.79 Å². The van der Waals surface area contributed by atoms with Gasteiger partial charge in [0.05, 0.1) is 11.4 Å². The highest BCUT2D eigenvalue weighted by molar-refractivity contribution is 6.00. The molecule has 0 bridgehead atoms. The standard InChI is InChI=1S/C28H23FN6O/c1-2-26(36)33-25-11-10-16(14-30-25)17-12-21-27(34-35-28(21)31-15-17)24-13-20-18(7-5-9-23(20)32-24)19-6-3-4-8-22(19)29/h3-9,11-16,32H,2,10H2,1H3,(H,33,36)(H,31,34,35). The molecular weight excluding hydrogens is 455 g/mol. The molecule has 8 heteroatoms. The molecule has 1 amide bonds. The van der Waals surface area contributed by atoms with Crippen molar-refractivity contribution in [2.75, 3.05) is 0 Å². The molecule has 1 aliphatic heterocycles. The maximum Gasteiger partial charge on any atom is 0.225 e. The molecule has 0 fully saturated rings. The summed E-state index contributed by atoms with van der Waals surface area (Å²) in [6, 6.07) is 16.7. The van der Waals surface area contributed by atoms with Gasteiger partial charge in [0.15, 0.2) is 5.65 Å². The average Bonchev–Trinajstić information content (AvgIpc) is 3.53. The number of nitrogens with zero attached hydrogens (tertiary/aromatic N) is 3. The van der Waals surface area contributed by atoms with E-state index in [1.165, 1.54) is 6.07 Å². The normalized spacial score (nSPS) is 15.4. The van der Waals surface area contributed by atoms with Gasteiger partial charge >= 0.3 is 0 Å². The number of halogens is 1. The Morgan fingerprint density at radius 2 is 1.97 bits per heavy atom. The second kappa shape index (κ2) is 8.88. The van der Waals surface area contributed by atoms with E-state index in [4.69, 9.17) is 0 Å². The number of carbonyl (C=O) groups excluding carboxylic acids is 1. The summed E-state index contributed by atoms with van der Waals surface area (Å²) in [7, 11) is 0. The summed E-state index contributed by atoms with van der Waals surface area (Å²) in [5.74, 6) is 0.316. The van der Waals surface area contributed by atoms with Crippen LogP contribution in [0.15, 0.2) is 77.7 Å². The highest BCUT2D eigenvalue weighted by Gasteiger charge is 2.18. The molecule has 2 aromatic carbocycles. The minimum atomic E-state index is -0.255. The van der Waals surface area contributed by atoms with Crippen molar-refractivity contribution in [3.05, 3.63) is 84.1 Å². The van der Waals surface area contributed by atoms with E-state index in [9.17, 15) is 9.18 Å². The summed E-state index contributed by atoms with van der Waals surface area (Å²) >= 11 is 0. The Kier molecular flexibility index (Phi) is 5.41. The zero-order valence-corrected chi connectivity index (χ0v) is 19.5. The van der Waals surface area contributed by atoms with Crippen LogP contribution >= 0.6 is 0 Å². The van der Waals surface area contributed by atoms with Gasteiger partial charge in [0.1, 0.15) is 11.6 Å². The average molecular weight is 479 g/mol. The lowest BCUT2D eigenvalue weighted by Crippen LogP contribution is -2.22. The molecule has 3 N–H and O–H groups in total. The molecule has 0 saturated heterocycles. The second-order valence-corrected chi connectivity index (χ2v) is 8.78. The Labute approximate surface area is 206 Å². The minimum absolute atomic E-state index is 0.0438. The highest BCUT2D eigenvalue weighted by Crippen LogP contribution is 2.35. The molecule has 0 aliphatic carbocycles. The number of pyridine rings is 1. The summed E-state index contributed by atoms with van der Waals surface area (Å²) in [5, 5.41) is 12.1. The molecule has 6 rings (SSSR count). The monoisotopic (exact) mass is 478 g/mol. The molecule has 0 radical (unpaired) electrons. The third-order valence-corrected chi connectivity index (χ3v) is 6.50. The SMILES string of the molecule is CCC(=O)NC1=CCC(c2cnc3n[nH]c(-c4cc5c(-c6ccccc6F)cccc5[nH]4)c3c2)C=N1. The van der Waals surface area contributed by atoms with Gasteiger partial charge < -0.3 is 10.3 Å². The lowest BCUT2D eigenvalue weighted by Gasteiger charge is -2.16. The first-order valence-corrected chi connectivity index (χ1v) is 11.9. The van der Waals surface area contributed by atoms with E-state index < -0.39 is 0 Å². The Morgan fingerprint density at radius 1 is 1.11 bits per heavy atom. The predicted octanol–water partition coefficient (Wildman–Crippen LogP) is 5.84. The summed E-state index contributed by atoms with van der Waals surface area (Å²) in [5.41, 5.74) is 5.57. The van der Waals surface area contributed by atoms with Gasteiger partial charge in [-0.25, -0.2) is 14.4 Å². The molecule has 4 heterocycles. The molecule has 1 aliphatic rings. The maximum absolute atomic E-state index is 14.5. The fraction of sp³-hybridized carbons (Fsp3) is 0.143. The number of carbonyl (C=O) groups is 1. The van der Waals surface area contributed by atoms with E-state index in [0.29, 0.717) is 29.9 Å². The lowest BCUT2D eigenvalue weighted by atomic mass is 9.96. The van der Waals surface area contributed by atoms with Crippen molar-refractivity contribution < 1.29 is 9.18 Å². The summed E-state index contributed by atoms with van der Waals surface area (Å²) in [6.07, 6.45) is 6.71. The molecule has 0 spiro atoms. The quantitative estimate of drug-likeness (QED) is 0.296. The number of rotatable bonds is 5. The van der Waals surface area contributed by atoms with Crippen LogP contribution < -0.4 is 5.32 Å². The molecule has 178 valence electrons. The first-order valence-electron chi connectivity index (χ1n) is 11.9. The Bertz CT molecular complexity index is 1680. The summed E-state index contributed by atoms with van der Waals surface area (Å²) < 4.78 is 14.5. The first kappa shape index (κ1) is 21.9. The number of benzene rings is 2. The van der Waals surface area contributed by atoms with Crippen molar-refractivity contribution in [2.24, 2.45) is 4.99 Å². The fourth-order valence-corrected chi connectivity index (χ4v) is 4.59. The molecular formula is C28H23FN6O. The van der Waals surface area contributed by atoms with E-state index in [1.54, 1.807) is 12.1 Å². The maximum atomic E-state index is 14.5. The number of aromatic amines is 2.